The van der Waals surface area contributed by atoms with Crippen LogP contribution in [0, 0.1) is 5.82 Å². The van der Waals surface area contributed by atoms with Crippen LogP contribution in [0.5, 0.6) is 5.75 Å². The first-order chi connectivity index (χ1) is 9.52. The van der Waals surface area contributed by atoms with Gasteiger partial charge in [0.2, 0.25) is 0 Å². The standard InChI is InChI=1S/C15H13Cl2FO2/c1-2-20-14-8-12(16)11(7-13(14)17)15(19)9-3-5-10(18)6-4-9/h3-8,15,19H,2H2,1H3. The number of hydrogen-bond donors (Lipinski definition) is 1. The lowest BCUT2D eigenvalue weighted by Gasteiger charge is -2.15. The van der Waals surface area contributed by atoms with Crippen molar-refractivity contribution in [2.45, 2.75) is 13.0 Å². The summed E-state index contributed by atoms with van der Waals surface area (Å²) in [5.74, 6) is 0.103. The number of rotatable bonds is 4. The predicted molar refractivity (Wildman–Crippen MR) is 78.1 cm³/mol. The molecule has 20 heavy (non-hydrogen) atoms. The van der Waals surface area contributed by atoms with Crippen LogP contribution in [0.3, 0.4) is 0 Å². The van der Waals surface area contributed by atoms with E-state index in [-0.39, 0.29) is 5.82 Å². The van der Waals surface area contributed by atoms with E-state index in [4.69, 9.17) is 27.9 Å². The summed E-state index contributed by atoms with van der Waals surface area (Å²) in [7, 11) is 0. The molecule has 0 aliphatic rings. The van der Waals surface area contributed by atoms with E-state index >= 15 is 0 Å². The first kappa shape index (κ1) is 15.1. The highest BCUT2D eigenvalue weighted by Gasteiger charge is 2.17. The number of halogens is 3. The third-order valence-corrected chi connectivity index (χ3v) is 3.45. The summed E-state index contributed by atoms with van der Waals surface area (Å²) in [5, 5.41) is 11.0. The third kappa shape index (κ3) is 3.23. The van der Waals surface area contributed by atoms with Crippen molar-refractivity contribution in [1.29, 1.82) is 0 Å². The quantitative estimate of drug-likeness (QED) is 0.892. The Balaban J connectivity index is 2.37. The van der Waals surface area contributed by atoms with Crippen LogP contribution in [-0.2, 0) is 0 Å². The Morgan fingerprint density at radius 3 is 2.40 bits per heavy atom. The van der Waals surface area contributed by atoms with Crippen molar-refractivity contribution in [3.8, 4) is 5.75 Å². The molecule has 0 heterocycles. The van der Waals surface area contributed by atoms with E-state index in [1.54, 1.807) is 12.1 Å². The molecule has 2 rings (SSSR count). The van der Waals surface area contributed by atoms with Gasteiger partial charge in [-0.3, -0.25) is 0 Å². The van der Waals surface area contributed by atoms with Crippen LogP contribution in [0.15, 0.2) is 36.4 Å². The molecule has 0 saturated carbocycles. The van der Waals surface area contributed by atoms with Crippen LogP contribution >= 0.6 is 23.2 Å². The molecular weight excluding hydrogens is 302 g/mol. The Bertz CT molecular complexity index is 600. The summed E-state index contributed by atoms with van der Waals surface area (Å²) in [6, 6.07) is 8.69. The summed E-state index contributed by atoms with van der Waals surface area (Å²) in [6.07, 6.45) is -0.976. The van der Waals surface area contributed by atoms with Gasteiger partial charge in [0.25, 0.3) is 0 Å². The third-order valence-electron chi connectivity index (χ3n) is 2.83. The van der Waals surface area contributed by atoms with Crippen LogP contribution in [0.4, 0.5) is 4.39 Å². The lowest BCUT2D eigenvalue weighted by atomic mass is 10.0. The Hall–Kier alpha value is -1.29. The average molecular weight is 315 g/mol. The lowest BCUT2D eigenvalue weighted by molar-refractivity contribution is 0.220. The molecule has 1 atom stereocenters. The van der Waals surface area contributed by atoms with Crippen molar-refractivity contribution in [1.82, 2.24) is 0 Å². The topological polar surface area (TPSA) is 29.5 Å². The summed E-state index contributed by atoms with van der Waals surface area (Å²) in [4.78, 5) is 0. The summed E-state index contributed by atoms with van der Waals surface area (Å²) >= 11 is 12.2. The maximum absolute atomic E-state index is 12.9. The van der Waals surface area contributed by atoms with E-state index < -0.39 is 6.10 Å². The van der Waals surface area contributed by atoms with Gasteiger partial charge in [0.1, 0.15) is 17.7 Å². The molecule has 2 aromatic rings. The van der Waals surface area contributed by atoms with E-state index in [1.807, 2.05) is 6.92 Å². The highest BCUT2D eigenvalue weighted by Crippen LogP contribution is 2.36. The molecule has 0 bridgehead atoms. The minimum absolute atomic E-state index is 0.342. The summed E-state index contributed by atoms with van der Waals surface area (Å²) in [6.45, 7) is 2.31. The molecule has 0 radical (unpaired) electrons. The molecule has 0 fully saturated rings. The first-order valence-electron chi connectivity index (χ1n) is 6.08. The molecule has 0 saturated heterocycles. The van der Waals surface area contributed by atoms with Crippen LogP contribution in [0.25, 0.3) is 0 Å². The molecule has 2 aromatic carbocycles. The zero-order chi connectivity index (χ0) is 14.7. The molecule has 1 N–H and O–H groups in total. The highest BCUT2D eigenvalue weighted by atomic mass is 35.5. The van der Waals surface area contributed by atoms with Gasteiger partial charge >= 0.3 is 0 Å². The van der Waals surface area contributed by atoms with Crippen molar-refractivity contribution in [3.05, 3.63) is 63.4 Å². The molecule has 106 valence electrons. The zero-order valence-corrected chi connectivity index (χ0v) is 12.2. The maximum atomic E-state index is 12.9. The van der Waals surface area contributed by atoms with Crippen LogP contribution in [0.1, 0.15) is 24.2 Å². The van der Waals surface area contributed by atoms with Gasteiger partial charge in [0.15, 0.2) is 0 Å². The molecule has 1 unspecified atom stereocenters. The van der Waals surface area contributed by atoms with Crippen molar-refractivity contribution in [2.24, 2.45) is 0 Å². The van der Waals surface area contributed by atoms with Crippen LogP contribution in [0.2, 0.25) is 10.0 Å². The van der Waals surface area contributed by atoms with E-state index in [2.05, 4.69) is 0 Å². The average Bonchev–Trinajstić information content (AvgIpc) is 2.43. The van der Waals surface area contributed by atoms with E-state index in [9.17, 15) is 9.50 Å². The highest BCUT2D eigenvalue weighted by molar-refractivity contribution is 6.34. The minimum Gasteiger partial charge on any atom is -0.492 e. The first-order valence-corrected chi connectivity index (χ1v) is 6.83. The van der Waals surface area contributed by atoms with Gasteiger partial charge in [-0.1, -0.05) is 35.3 Å². The van der Waals surface area contributed by atoms with Gasteiger partial charge in [-0.05, 0) is 30.7 Å². The zero-order valence-electron chi connectivity index (χ0n) is 10.7. The van der Waals surface area contributed by atoms with Crippen molar-refractivity contribution in [3.63, 3.8) is 0 Å². The molecular formula is C15H13Cl2FO2. The van der Waals surface area contributed by atoms with E-state index in [0.717, 1.165) is 0 Å². The molecule has 0 spiro atoms. The lowest BCUT2D eigenvalue weighted by Crippen LogP contribution is -2.02. The SMILES string of the molecule is CCOc1cc(Cl)c(C(O)c2ccc(F)cc2)cc1Cl. The van der Waals surface area contributed by atoms with Crippen molar-refractivity contribution < 1.29 is 14.2 Å². The number of aliphatic hydroxyl groups is 1. The van der Waals surface area contributed by atoms with Crippen molar-refractivity contribution >= 4 is 23.2 Å². The largest absolute Gasteiger partial charge is 0.492 e. The Morgan fingerprint density at radius 2 is 1.80 bits per heavy atom. The van der Waals surface area contributed by atoms with Gasteiger partial charge < -0.3 is 9.84 Å². The Morgan fingerprint density at radius 1 is 1.15 bits per heavy atom. The minimum atomic E-state index is -0.976. The van der Waals surface area contributed by atoms with Crippen molar-refractivity contribution in [2.75, 3.05) is 6.61 Å². The van der Waals surface area contributed by atoms with Gasteiger partial charge in [-0.2, -0.15) is 0 Å². The molecule has 0 aromatic heterocycles. The van der Waals surface area contributed by atoms with Gasteiger partial charge in [-0.15, -0.1) is 0 Å². The summed E-state index contributed by atoms with van der Waals surface area (Å²) in [5.41, 5.74) is 0.986. The molecule has 5 heteroatoms. The Labute approximate surface area is 126 Å². The van der Waals surface area contributed by atoms with E-state index in [1.165, 1.54) is 24.3 Å². The number of aliphatic hydroxyl groups excluding tert-OH is 1. The Kier molecular flexibility index (Phi) is 4.86. The molecule has 2 nitrogen and oxygen atoms in total. The van der Waals surface area contributed by atoms with Gasteiger partial charge in [0, 0.05) is 11.6 Å². The maximum Gasteiger partial charge on any atom is 0.139 e. The monoisotopic (exact) mass is 314 g/mol. The second kappa shape index (κ2) is 6.44. The number of hydrogen-bond acceptors (Lipinski definition) is 2. The predicted octanol–water partition coefficient (Wildman–Crippen LogP) is 4.61. The normalized spacial score (nSPS) is 12.2. The second-order valence-electron chi connectivity index (χ2n) is 4.19. The van der Waals surface area contributed by atoms with E-state index in [0.29, 0.717) is 33.5 Å². The fourth-order valence-electron chi connectivity index (χ4n) is 1.84. The van der Waals surface area contributed by atoms with Gasteiger partial charge in [0.05, 0.1) is 16.7 Å². The number of ether oxygens (including phenoxy) is 1. The smallest absolute Gasteiger partial charge is 0.139 e. The molecule has 0 amide bonds. The molecule has 0 aliphatic carbocycles. The second-order valence-corrected chi connectivity index (χ2v) is 5.01. The summed E-state index contributed by atoms with van der Waals surface area (Å²) < 4.78 is 18.2. The molecule has 0 aliphatic heterocycles. The fraction of sp³-hybridized carbons (Fsp3) is 0.200. The van der Waals surface area contributed by atoms with Gasteiger partial charge in [-0.25, -0.2) is 4.39 Å². The number of benzene rings is 2. The van der Waals surface area contributed by atoms with Crippen LogP contribution in [-0.4, -0.2) is 11.7 Å². The van der Waals surface area contributed by atoms with Crippen LogP contribution < -0.4 is 4.74 Å². The fourth-order valence-corrected chi connectivity index (χ4v) is 2.33.